The first-order chi connectivity index (χ1) is 9.91. The van der Waals surface area contributed by atoms with Gasteiger partial charge in [0.05, 0.1) is 20.5 Å². The molecule has 0 bridgehead atoms. The van der Waals surface area contributed by atoms with Crippen molar-refractivity contribution in [3.8, 4) is 11.5 Å². The van der Waals surface area contributed by atoms with E-state index < -0.39 is 10.0 Å². The summed E-state index contributed by atoms with van der Waals surface area (Å²) in [6.45, 7) is 2.20. The van der Waals surface area contributed by atoms with Gasteiger partial charge in [0.25, 0.3) is 0 Å². The van der Waals surface area contributed by atoms with E-state index in [0.717, 1.165) is 36.7 Å². The molecule has 1 aliphatic rings. The monoisotopic (exact) mass is 314 g/mol. The zero-order chi connectivity index (χ0) is 15.5. The van der Waals surface area contributed by atoms with E-state index in [1.807, 2.05) is 18.2 Å². The third-order valence-corrected chi connectivity index (χ3v) is 4.31. The smallest absolute Gasteiger partial charge is 0.208 e. The summed E-state index contributed by atoms with van der Waals surface area (Å²) in [5, 5.41) is 0. The molecule has 1 aliphatic heterocycles. The first kappa shape index (κ1) is 15.9. The third-order valence-electron chi connectivity index (χ3n) is 3.62. The van der Waals surface area contributed by atoms with Gasteiger partial charge in [-0.15, -0.1) is 0 Å². The third kappa shape index (κ3) is 4.50. The van der Waals surface area contributed by atoms with E-state index in [1.165, 1.54) is 6.26 Å². The predicted octanol–water partition coefficient (Wildman–Crippen LogP) is 1.08. The van der Waals surface area contributed by atoms with E-state index in [1.54, 1.807) is 14.2 Å². The standard InChI is InChI=1S/C14H22N2O4S/c1-19-13-6-12(7-14(8-13)20-2)16-5-4-11(10-16)9-15-21(3,17)18/h6-8,11,15H,4-5,9-10H2,1-3H3/t11-/m1/s1. The lowest BCUT2D eigenvalue weighted by Crippen LogP contribution is -2.30. The van der Waals surface area contributed by atoms with Crippen LogP contribution in [0.5, 0.6) is 11.5 Å². The zero-order valence-electron chi connectivity index (χ0n) is 12.6. The van der Waals surface area contributed by atoms with Gasteiger partial charge < -0.3 is 14.4 Å². The molecule has 0 amide bonds. The normalized spacial score (nSPS) is 18.8. The largest absolute Gasteiger partial charge is 0.497 e. The molecule has 1 aromatic carbocycles. The molecule has 1 atom stereocenters. The lowest BCUT2D eigenvalue weighted by molar-refractivity contribution is 0.394. The second-order valence-corrected chi connectivity index (χ2v) is 7.13. The Balaban J connectivity index is 2.03. The summed E-state index contributed by atoms with van der Waals surface area (Å²) in [5.41, 5.74) is 1.04. The van der Waals surface area contributed by atoms with Gasteiger partial charge in [-0.05, 0) is 12.3 Å². The number of nitrogens with one attached hydrogen (secondary N) is 1. The topological polar surface area (TPSA) is 67.9 Å². The Kier molecular flexibility index (Phi) is 4.95. The van der Waals surface area contributed by atoms with Gasteiger partial charge in [-0.2, -0.15) is 0 Å². The van der Waals surface area contributed by atoms with Crippen LogP contribution in [0.2, 0.25) is 0 Å². The highest BCUT2D eigenvalue weighted by Gasteiger charge is 2.24. The quantitative estimate of drug-likeness (QED) is 0.851. The second kappa shape index (κ2) is 6.53. The highest BCUT2D eigenvalue weighted by molar-refractivity contribution is 7.88. The van der Waals surface area contributed by atoms with Crippen LogP contribution < -0.4 is 19.1 Å². The molecule has 0 radical (unpaired) electrons. The Labute approximate surface area is 126 Å². The fraction of sp³-hybridized carbons (Fsp3) is 0.571. The van der Waals surface area contributed by atoms with Crippen LogP contribution in [0, 0.1) is 5.92 Å². The Morgan fingerprint density at radius 1 is 1.24 bits per heavy atom. The lowest BCUT2D eigenvalue weighted by atomic mass is 10.1. The molecule has 21 heavy (non-hydrogen) atoms. The van der Waals surface area contributed by atoms with Gasteiger partial charge in [-0.25, -0.2) is 13.1 Å². The summed E-state index contributed by atoms with van der Waals surface area (Å²) < 4.78 is 35.4. The first-order valence-electron chi connectivity index (χ1n) is 6.84. The molecule has 1 N–H and O–H groups in total. The Morgan fingerprint density at radius 3 is 2.38 bits per heavy atom. The van der Waals surface area contributed by atoms with Crippen molar-refractivity contribution in [1.82, 2.24) is 4.72 Å². The first-order valence-corrected chi connectivity index (χ1v) is 8.73. The average Bonchev–Trinajstić information content (AvgIpc) is 2.92. The molecule has 118 valence electrons. The number of hydrogen-bond donors (Lipinski definition) is 1. The summed E-state index contributed by atoms with van der Waals surface area (Å²) in [5.74, 6) is 1.82. The number of benzene rings is 1. The lowest BCUT2D eigenvalue weighted by Gasteiger charge is -2.20. The van der Waals surface area contributed by atoms with E-state index in [-0.39, 0.29) is 0 Å². The van der Waals surface area contributed by atoms with Crippen LogP contribution in [0.1, 0.15) is 6.42 Å². The van der Waals surface area contributed by atoms with Crippen molar-refractivity contribution in [3.63, 3.8) is 0 Å². The van der Waals surface area contributed by atoms with E-state index in [4.69, 9.17) is 9.47 Å². The predicted molar refractivity (Wildman–Crippen MR) is 82.7 cm³/mol. The van der Waals surface area contributed by atoms with E-state index in [9.17, 15) is 8.42 Å². The van der Waals surface area contributed by atoms with Crippen molar-refractivity contribution in [2.75, 3.05) is 45.0 Å². The van der Waals surface area contributed by atoms with Crippen molar-refractivity contribution in [1.29, 1.82) is 0 Å². The summed E-state index contributed by atoms with van der Waals surface area (Å²) in [4.78, 5) is 2.22. The molecule has 1 saturated heterocycles. The zero-order valence-corrected chi connectivity index (χ0v) is 13.4. The minimum atomic E-state index is -3.12. The molecule has 1 fully saturated rings. The maximum absolute atomic E-state index is 11.1. The molecule has 2 rings (SSSR count). The van der Waals surface area contributed by atoms with Gasteiger partial charge in [-0.3, -0.25) is 0 Å². The van der Waals surface area contributed by atoms with Crippen molar-refractivity contribution in [3.05, 3.63) is 18.2 Å². The van der Waals surface area contributed by atoms with Crippen LogP contribution in [0.3, 0.4) is 0 Å². The molecule has 0 saturated carbocycles. The van der Waals surface area contributed by atoms with Crippen LogP contribution in [-0.2, 0) is 10.0 Å². The molecule has 0 unspecified atom stereocenters. The number of anilines is 1. The highest BCUT2D eigenvalue weighted by Crippen LogP contribution is 2.31. The number of nitrogens with zero attached hydrogens (tertiary/aromatic N) is 1. The molecule has 0 aliphatic carbocycles. The molecular formula is C14H22N2O4S. The number of ether oxygens (including phenoxy) is 2. The van der Waals surface area contributed by atoms with Crippen LogP contribution in [0.25, 0.3) is 0 Å². The van der Waals surface area contributed by atoms with Gasteiger partial charge in [0, 0.05) is 43.5 Å². The van der Waals surface area contributed by atoms with Gasteiger partial charge in [-0.1, -0.05) is 0 Å². The number of hydrogen-bond acceptors (Lipinski definition) is 5. The molecule has 0 spiro atoms. The van der Waals surface area contributed by atoms with E-state index >= 15 is 0 Å². The Bertz CT molecular complexity index is 566. The van der Waals surface area contributed by atoms with Crippen molar-refractivity contribution in [2.24, 2.45) is 5.92 Å². The molecule has 1 aromatic rings. The Hall–Kier alpha value is -1.47. The summed E-state index contributed by atoms with van der Waals surface area (Å²) in [6.07, 6.45) is 2.15. The van der Waals surface area contributed by atoms with E-state index in [0.29, 0.717) is 12.5 Å². The van der Waals surface area contributed by atoms with Crippen molar-refractivity contribution < 1.29 is 17.9 Å². The maximum atomic E-state index is 11.1. The fourth-order valence-electron chi connectivity index (χ4n) is 2.48. The van der Waals surface area contributed by atoms with Crippen molar-refractivity contribution in [2.45, 2.75) is 6.42 Å². The highest BCUT2D eigenvalue weighted by atomic mass is 32.2. The molecule has 1 heterocycles. The van der Waals surface area contributed by atoms with Crippen LogP contribution >= 0.6 is 0 Å². The summed E-state index contributed by atoms with van der Waals surface area (Å²) >= 11 is 0. The number of rotatable bonds is 6. The van der Waals surface area contributed by atoms with E-state index in [2.05, 4.69) is 9.62 Å². The van der Waals surface area contributed by atoms with Crippen molar-refractivity contribution >= 4 is 15.7 Å². The molecule has 0 aromatic heterocycles. The maximum Gasteiger partial charge on any atom is 0.208 e. The molecule has 7 heteroatoms. The SMILES string of the molecule is COc1cc(OC)cc(N2CC[C@H](CNS(C)(=O)=O)C2)c1. The van der Waals surface area contributed by atoms with Crippen LogP contribution in [0.4, 0.5) is 5.69 Å². The molecular weight excluding hydrogens is 292 g/mol. The minimum Gasteiger partial charge on any atom is -0.497 e. The molecule has 6 nitrogen and oxygen atoms in total. The summed E-state index contributed by atoms with van der Waals surface area (Å²) in [6, 6.07) is 5.77. The number of methoxy groups -OCH3 is 2. The average molecular weight is 314 g/mol. The minimum absolute atomic E-state index is 0.317. The van der Waals surface area contributed by atoms with Gasteiger partial charge in [0.15, 0.2) is 0 Å². The fourth-order valence-corrected chi connectivity index (χ4v) is 3.02. The Morgan fingerprint density at radius 2 is 1.86 bits per heavy atom. The van der Waals surface area contributed by atoms with Gasteiger partial charge in [0.1, 0.15) is 11.5 Å². The second-order valence-electron chi connectivity index (χ2n) is 5.29. The summed E-state index contributed by atoms with van der Waals surface area (Å²) in [7, 11) is 0.129. The van der Waals surface area contributed by atoms with Gasteiger partial charge >= 0.3 is 0 Å². The van der Waals surface area contributed by atoms with Gasteiger partial charge in [0.2, 0.25) is 10.0 Å². The van der Waals surface area contributed by atoms with Crippen LogP contribution in [0.15, 0.2) is 18.2 Å². The van der Waals surface area contributed by atoms with Crippen LogP contribution in [-0.4, -0.2) is 48.5 Å². The number of sulfonamides is 1.